The second kappa shape index (κ2) is 11.6. The van der Waals surface area contributed by atoms with Crippen molar-refractivity contribution in [3.05, 3.63) is 182 Å². The lowest BCUT2D eigenvalue weighted by Crippen LogP contribution is -1.92. The Morgan fingerprint density at radius 1 is 0.321 bits per heavy atom. The molecule has 0 aliphatic carbocycles. The molecule has 53 heavy (non-hydrogen) atoms. The van der Waals surface area contributed by atoms with Crippen LogP contribution in [0.2, 0.25) is 0 Å². The smallest absolute Gasteiger partial charge is 0.136 e. The van der Waals surface area contributed by atoms with Gasteiger partial charge in [0.05, 0.1) is 12.5 Å². The summed E-state index contributed by atoms with van der Waals surface area (Å²) in [7, 11) is 0. The van der Waals surface area contributed by atoms with Crippen molar-refractivity contribution < 1.29 is 8.83 Å². The quantitative estimate of drug-likeness (QED) is 0.173. The van der Waals surface area contributed by atoms with Crippen LogP contribution in [0.15, 0.2) is 185 Å². The van der Waals surface area contributed by atoms with E-state index < -0.39 is 0 Å². The number of fused-ring (bicyclic) bond motifs is 7. The molecular formula is C51H32O2. The Hall–Kier alpha value is -6.90. The van der Waals surface area contributed by atoms with Gasteiger partial charge in [-0.15, -0.1) is 0 Å². The average Bonchev–Trinajstić information content (AvgIpc) is 3.82. The molecule has 2 aromatic heterocycles. The third kappa shape index (κ3) is 4.33. The second-order valence-electron chi connectivity index (χ2n) is 14.0. The monoisotopic (exact) mass is 676 g/mol. The van der Waals surface area contributed by atoms with E-state index in [0.717, 1.165) is 38.6 Å². The molecule has 248 valence electrons. The first-order chi connectivity index (χ1) is 26.3. The zero-order valence-corrected chi connectivity index (χ0v) is 29.1. The Morgan fingerprint density at radius 2 is 0.698 bits per heavy atom. The van der Waals surface area contributed by atoms with E-state index in [0.29, 0.717) is 0 Å². The minimum atomic E-state index is 0.877. The van der Waals surface area contributed by atoms with Crippen molar-refractivity contribution in [2.75, 3.05) is 0 Å². The fourth-order valence-corrected chi connectivity index (χ4v) is 8.94. The number of hydrogen-bond acceptors (Lipinski definition) is 2. The fourth-order valence-electron chi connectivity index (χ4n) is 8.94. The molecule has 0 unspecified atom stereocenters. The lowest BCUT2D eigenvalue weighted by Gasteiger charge is -2.19. The molecular weight excluding hydrogens is 645 g/mol. The van der Waals surface area contributed by atoms with Crippen LogP contribution >= 0.6 is 0 Å². The molecule has 0 aliphatic heterocycles. The molecule has 2 heterocycles. The molecule has 0 bridgehead atoms. The van der Waals surface area contributed by atoms with Crippen LogP contribution in [-0.2, 0) is 0 Å². The predicted molar refractivity (Wildman–Crippen MR) is 222 cm³/mol. The van der Waals surface area contributed by atoms with Gasteiger partial charge >= 0.3 is 0 Å². The third-order valence-corrected chi connectivity index (χ3v) is 11.1. The molecule has 0 saturated carbocycles. The molecule has 0 amide bonds. The van der Waals surface area contributed by atoms with Gasteiger partial charge < -0.3 is 8.83 Å². The molecule has 0 atom stereocenters. The van der Waals surface area contributed by atoms with Crippen LogP contribution in [0.25, 0.3) is 110 Å². The van der Waals surface area contributed by atoms with Crippen LogP contribution in [-0.4, -0.2) is 0 Å². The minimum absolute atomic E-state index is 0.877. The van der Waals surface area contributed by atoms with Gasteiger partial charge in [-0.2, -0.15) is 0 Å². The van der Waals surface area contributed by atoms with E-state index in [9.17, 15) is 0 Å². The van der Waals surface area contributed by atoms with Crippen molar-refractivity contribution >= 4 is 65.0 Å². The first kappa shape index (κ1) is 29.8. The lowest BCUT2D eigenvalue weighted by atomic mass is 9.83. The largest absolute Gasteiger partial charge is 0.472 e. The third-order valence-electron chi connectivity index (χ3n) is 11.1. The van der Waals surface area contributed by atoms with Crippen molar-refractivity contribution in [3.8, 4) is 44.5 Å². The highest BCUT2D eigenvalue weighted by Crippen LogP contribution is 2.51. The predicted octanol–water partition coefficient (Wildman–Crippen LogP) is 14.8. The van der Waals surface area contributed by atoms with Crippen molar-refractivity contribution in [1.82, 2.24) is 0 Å². The topological polar surface area (TPSA) is 26.3 Å². The van der Waals surface area contributed by atoms with Gasteiger partial charge in [0.25, 0.3) is 0 Å². The fraction of sp³-hybridized carbons (Fsp3) is 0.0196. The summed E-state index contributed by atoms with van der Waals surface area (Å²) >= 11 is 0. The van der Waals surface area contributed by atoms with Gasteiger partial charge in [0.2, 0.25) is 0 Å². The van der Waals surface area contributed by atoms with E-state index in [1.54, 1.807) is 0 Å². The molecule has 0 radical (unpaired) electrons. The number of benzene rings is 9. The molecule has 0 saturated heterocycles. The van der Waals surface area contributed by atoms with Crippen molar-refractivity contribution in [1.29, 1.82) is 0 Å². The van der Waals surface area contributed by atoms with Crippen molar-refractivity contribution in [2.45, 2.75) is 6.92 Å². The Balaban J connectivity index is 1.30. The van der Waals surface area contributed by atoms with Crippen LogP contribution in [0.4, 0.5) is 0 Å². The lowest BCUT2D eigenvalue weighted by molar-refractivity contribution is 0.566. The van der Waals surface area contributed by atoms with E-state index in [1.165, 1.54) is 76.5 Å². The molecule has 0 N–H and O–H groups in total. The van der Waals surface area contributed by atoms with Crippen molar-refractivity contribution in [3.63, 3.8) is 0 Å². The van der Waals surface area contributed by atoms with Gasteiger partial charge in [0, 0.05) is 21.9 Å². The highest BCUT2D eigenvalue weighted by molar-refractivity contribution is 6.30. The molecule has 2 heteroatoms. The SMILES string of the molecule is Cc1cocc1-c1c2ccccc2c(-c2cccc3oc4cccc(-c5c6ccccc6c(-c6ccccc6)c6ccccc56)c4c23)c2ccccc12. The van der Waals surface area contributed by atoms with Gasteiger partial charge in [-0.3, -0.25) is 0 Å². The zero-order valence-electron chi connectivity index (χ0n) is 29.1. The summed E-state index contributed by atoms with van der Waals surface area (Å²) in [5.74, 6) is 0. The van der Waals surface area contributed by atoms with E-state index in [-0.39, 0.29) is 0 Å². The molecule has 0 spiro atoms. The maximum atomic E-state index is 6.80. The van der Waals surface area contributed by atoms with Gasteiger partial charge in [-0.05, 0) is 101 Å². The Morgan fingerprint density at radius 3 is 1.09 bits per heavy atom. The summed E-state index contributed by atoms with van der Waals surface area (Å²) in [6.45, 7) is 2.12. The summed E-state index contributed by atoms with van der Waals surface area (Å²) in [5, 5.41) is 12.0. The summed E-state index contributed by atoms with van der Waals surface area (Å²) in [6.07, 6.45) is 3.73. The normalized spacial score (nSPS) is 11.9. The Bertz CT molecular complexity index is 3120. The maximum Gasteiger partial charge on any atom is 0.136 e. The highest BCUT2D eigenvalue weighted by atomic mass is 16.3. The molecule has 2 nitrogen and oxygen atoms in total. The molecule has 9 aromatic carbocycles. The van der Waals surface area contributed by atoms with E-state index in [1.807, 2.05) is 12.5 Å². The molecule has 11 aromatic rings. The van der Waals surface area contributed by atoms with E-state index >= 15 is 0 Å². The van der Waals surface area contributed by atoms with Crippen LogP contribution in [0.3, 0.4) is 0 Å². The minimum Gasteiger partial charge on any atom is -0.472 e. The number of furan rings is 2. The standard InChI is InChI=1S/C51H32O2/c1-31-29-52-30-43(31)49-39-23-11-9-21-37(39)48(38-22-10-12-24-40(38)49)42-26-14-28-45-51(42)50-41(25-13-27-44(50)53-45)47-35-19-7-5-17-33(35)46(32-15-3-2-4-16-32)34-18-6-8-20-36(34)47/h2-30H,1H3. The number of hydrogen-bond donors (Lipinski definition) is 0. The number of rotatable bonds is 4. The Kier molecular flexibility index (Phi) is 6.50. The van der Waals surface area contributed by atoms with Gasteiger partial charge in [-0.25, -0.2) is 0 Å². The van der Waals surface area contributed by atoms with E-state index in [2.05, 4.69) is 171 Å². The van der Waals surface area contributed by atoms with Gasteiger partial charge in [0.15, 0.2) is 0 Å². The number of aryl methyl sites for hydroxylation is 1. The highest BCUT2D eigenvalue weighted by Gasteiger charge is 2.24. The first-order valence-corrected chi connectivity index (χ1v) is 18.2. The maximum absolute atomic E-state index is 6.80. The van der Waals surface area contributed by atoms with E-state index in [4.69, 9.17) is 8.83 Å². The molecule has 0 aliphatic rings. The summed E-state index contributed by atoms with van der Waals surface area (Å²) in [4.78, 5) is 0. The van der Waals surface area contributed by atoms with Gasteiger partial charge in [-0.1, -0.05) is 152 Å². The second-order valence-corrected chi connectivity index (χ2v) is 14.0. The Labute approximate surface area is 306 Å². The summed E-state index contributed by atoms with van der Waals surface area (Å²) < 4.78 is 12.5. The van der Waals surface area contributed by atoms with Crippen LogP contribution < -0.4 is 0 Å². The van der Waals surface area contributed by atoms with Gasteiger partial charge in [0.1, 0.15) is 11.2 Å². The first-order valence-electron chi connectivity index (χ1n) is 18.2. The zero-order chi connectivity index (χ0) is 35.0. The molecule has 11 rings (SSSR count). The van der Waals surface area contributed by atoms with Crippen LogP contribution in [0.1, 0.15) is 5.56 Å². The van der Waals surface area contributed by atoms with Crippen LogP contribution in [0.5, 0.6) is 0 Å². The van der Waals surface area contributed by atoms with Crippen molar-refractivity contribution in [2.24, 2.45) is 0 Å². The van der Waals surface area contributed by atoms with Crippen LogP contribution in [0, 0.1) is 6.92 Å². The molecule has 0 fully saturated rings. The average molecular weight is 677 g/mol. The summed E-state index contributed by atoms with van der Waals surface area (Å²) in [6, 6.07) is 59.2. The summed E-state index contributed by atoms with van der Waals surface area (Å²) in [5.41, 5.74) is 12.4.